The van der Waals surface area contributed by atoms with Gasteiger partial charge >= 0.3 is 0 Å². The average Bonchev–Trinajstić information content (AvgIpc) is 3.11. The molecule has 0 radical (unpaired) electrons. The van der Waals surface area contributed by atoms with Gasteiger partial charge in [-0.2, -0.15) is 0 Å². The molecule has 1 aromatic carbocycles. The lowest BCUT2D eigenvalue weighted by Gasteiger charge is -2.06. The number of aromatic nitrogens is 3. The van der Waals surface area contributed by atoms with Crippen molar-refractivity contribution in [2.75, 3.05) is 12.3 Å². The van der Waals surface area contributed by atoms with Crippen LogP contribution in [0, 0.1) is 6.92 Å². The van der Waals surface area contributed by atoms with Gasteiger partial charge < -0.3 is 9.88 Å². The predicted molar refractivity (Wildman–Crippen MR) is 90.3 cm³/mol. The Kier molecular flexibility index (Phi) is 4.74. The molecule has 114 valence electrons. The molecule has 0 saturated carbocycles. The topological polar surface area (TPSA) is 59.8 Å². The second-order valence-corrected chi connectivity index (χ2v) is 7.31. The number of aryl methyl sites for hydroxylation is 1. The summed E-state index contributed by atoms with van der Waals surface area (Å²) in [5, 5.41) is 13.1. The van der Waals surface area contributed by atoms with Crippen LogP contribution < -0.4 is 5.32 Å². The van der Waals surface area contributed by atoms with Crippen molar-refractivity contribution in [2.45, 2.75) is 17.8 Å². The fourth-order valence-electron chi connectivity index (χ4n) is 2.15. The average molecular weight is 332 g/mol. The highest BCUT2D eigenvalue weighted by atomic mass is 32.2. The molecule has 0 aliphatic heterocycles. The summed E-state index contributed by atoms with van der Waals surface area (Å²) in [5.41, 5.74) is 1.08. The Morgan fingerprint density at radius 3 is 3.00 bits per heavy atom. The Balaban J connectivity index is 1.46. The fourth-order valence-corrected chi connectivity index (χ4v) is 3.90. The number of nitrogens with one attached hydrogen (secondary N) is 1. The van der Waals surface area contributed by atoms with E-state index in [1.165, 1.54) is 0 Å². The summed E-state index contributed by atoms with van der Waals surface area (Å²) >= 11 is 3.19. The Hall–Kier alpha value is -1.86. The van der Waals surface area contributed by atoms with Crippen LogP contribution in [0.5, 0.6) is 0 Å². The summed E-state index contributed by atoms with van der Waals surface area (Å²) in [5.74, 6) is 0.822. The van der Waals surface area contributed by atoms with E-state index in [4.69, 9.17) is 0 Å². The maximum atomic E-state index is 12.0. The van der Waals surface area contributed by atoms with Crippen molar-refractivity contribution in [3.8, 4) is 0 Å². The third kappa shape index (κ3) is 3.66. The molecule has 0 fully saturated rings. The number of carbonyl (C=O) groups excluding carboxylic acids is 1. The molecular formula is C15H16N4OS2. The van der Waals surface area contributed by atoms with Crippen LogP contribution in [0.4, 0.5) is 0 Å². The van der Waals surface area contributed by atoms with Crippen molar-refractivity contribution >= 4 is 39.9 Å². The van der Waals surface area contributed by atoms with Crippen molar-refractivity contribution in [2.24, 2.45) is 0 Å². The molecule has 2 heterocycles. The second-order valence-electron chi connectivity index (χ2n) is 4.79. The molecule has 0 atom stereocenters. The fraction of sp³-hybridized carbons (Fsp3) is 0.267. The van der Waals surface area contributed by atoms with E-state index in [1.54, 1.807) is 23.1 Å². The summed E-state index contributed by atoms with van der Waals surface area (Å²) in [7, 11) is 0. The first-order valence-electron chi connectivity index (χ1n) is 6.96. The van der Waals surface area contributed by atoms with Crippen molar-refractivity contribution in [1.29, 1.82) is 0 Å². The van der Waals surface area contributed by atoms with Gasteiger partial charge in [0, 0.05) is 24.0 Å². The molecule has 3 rings (SSSR count). The molecule has 0 saturated heterocycles. The molecule has 0 spiro atoms. The first-order chi connectivity index (χ1) is 10.7. The number of nitrogens with zero attached hydrogens (tertiary/aromatic N) is 3. The first-order valence-corrected chi connectivity index (χ1v) is 8.76. The van der Waals surface area contributed by atoms with Crippen LogP contribution in [0.25, 0.3) is 10.9 Å². The number of thioether (sulfide) groups is 1. The van der Waals surface area contributed by atoms with Crippen molar-refractivity contribution in [3.63, 3.8) is 0 Å². The minimum Gasteiger partial charge on any atom is -0.354 e. The highest BCUT2D eigenvalue weighted by Gasteiger charge is 2.06. The van der Waals surface area contributed by atoms with Gasteiger partial charge in [-0.05, 0) is 24.4 Å². The van der Waals surface area contributed by atoms with Crippen LogP contribution >= 0.6 is 23.1 Å². The van der Waals surface area contributed by atoms with E-state index in [0.29, 0.717) is 13.1 Å². The van der Waals surface area contributed by atoms with Crippen LogP contribution in [0.1, 0.15) is 5.01 Å². The number of carbonyl (C=O) groups is 1. The smallest absolute Gasteiger partial charge is 0.239 e. The monoisotopic (exact) mass is 332 g/mol. The Labute approximate surface area is 136 Å². The lowest BCUT2D eigenvalue weighted by atomic mass is 10.2. The summed E-state index contributed by atoms with van der Waals surface area (Å²) in [6, 6.07) is 10.1. The molecule has 5 nitrogen and oxygen atoms in total. The predicted octanol–water partition coefficient (Wildman–Crippen LogP) is 2.71. The molecule has 7 heteroatoms. The third-order valence-electron chi connectivity index (χ3n) is 3.15. The van der Waals surface area contributed by atoms with Crippen LogP contribution in [-0.4, -0.2) is 33.0 Å². The zero-order valence-electron chi connectivity index (χ0n) is 12.2. The van der Waals surface area contributed by atoms with E-state index < -0.39 is 0 Å². The van der Waals surface area contributed by atoms with Crippen molar-refractivity contribution in [3.05, 3.63) is 41.5 Å². The van der Waals surface area contributed by atoms with Gasteiger partial charge in [0.15, 0.2) is 4.34 Å². The normalized spacial score (nSPS) is 11.0. The standard InChI is InChI=1S/C15H16N4OS2/c1-11-17-18-15(22-11)21-9-7-16-14(20)10-19-8-6-12-4-2-3-5-13(12)19/h2-6,8H,7,9-10H2,1H3,(H,16,20). The molecule has 22 heavy (non-hydrogen) atoms. The zero-order valence-corrected chi connectivity index (χ0v) is 13.8. The molecule has 0 aliphatic carbocycles. The quantitative estimate of drug-likeness (QED) is 0.557. The van der Waals surface area contributed by atoms with Gasteiger partial charge in [0.2, 0.25) is 5.91 Å². The minimum absolute atomic E-state index is 0.0235. The SMILES string of the molecule is Cc1nnc(SCCNC(=O)Cn2ccc3ccccc32)s1. The summed E-state index contributed by atoms with van der Waals surface area (Å²) in [6.07, 6.45) is 1.95. The molecule has 0 aliphatic rings. The molecule has 1 N–H and O–H groups in total. The van der Waals surface area contributed by atoms with E-state index in [9.17, 15) is 4.79 Å². The van der Waals surface area contributed by atoms with Gasteiger partial charge in [-0.25, -0.2) is 0 Å². The summed E-state index contributed by atoms with van der Waals surface area (Å²) in [4.78, 5) is 12.0. The first kappa shape index (κ1) is 15.1. The van der Waals surface area contributed by atoms with Crippen LogP contribution in [0.3, 0.4) is 0 Å². The molecule has 0 unspecified atom stereocenters. The number of hydrogen-bond donors (Lipinski definition) is 1. The number of rotatable bonds is 6. The van der Waals surface area contributed by atoms with E-state index in [1.807, 2.05) is 48.0 Å². The summed E-state index contributed by atoms with van der Waals surface area (Å²) in [6.45, 7) is 2.91. The number of hydrogen-bond acceptors (Lipinski definition) is 5. The highest BCUT2D eigenvalue weighted by molar-refractivity contribution is 8.01. The Morgan fingerprint density at radius 2 is 2.18 bits per heavy atom. The van der Waals surface area contributed by atoms with Gasteiger partial charge in [-0.1, -0.05) is 41.3 Å². The Morgan fingerprint density at radius 1 is 1.32 bits per heavy atom. The summed E-state index contributed by atoms with van der Waals surface area (Å²) < 4.78 is 2.91. The van der Waals surface area contributed by atoms with Gasteiger partial charge in [0.25, 0.3) is 0 Å². The third-order valence-corrected chi connectivity index (χ3v) is 5.13. The van der Waals surface area contributed by atoms with Crippen molar-refractivity contribution < 1.29 is 4.79 Å². The van der Waals surface area contributed by atoms with E-state index in [2.05, 4.69) is 15.5 Å². The van der Waals surface area contributed by atoms with E-state index in [0.717, 1.165) is 26.0 Å². The van der Waals surface area contributed by atoms with Crippen LogP contribution in [0.15, 0.2) is 40.9 Å². The van der Waals surface area contributed by atoms with Gasteiger partial charge in [-0.15, -0.1) is 10.2 Å². The van der Waals surface area contributed by atoms with Gasteiger partial charge in [0.05, 0.1) is 0 Å². The molecule has 3 aromatic rings. The molecule has 2 aromatic heterocycles. The Bertz CT molecular complexity index is 781. The maximum absolute atomic E-state index is 12.0. The number of para-hydroxylation sites is 1. The molecule has 0 bridgehead atoms. The van der Waals surface area contributed by atoms with Crippen molar-refractivity contribution in [1.82, 2.24) is 20.1 Å². The number of amides is 1. The highest BCUT2D eigenvalue weighted by Crippen LogP contribution is 2.21. The van der Waals surface area contributed by atoms with Gasteiger partial charge in [0.1, 0.15) is 11.6 Å². The van der Waals surface area contributed by atoms with E-state index in [-0.39, 0.29) is 5.91 Å². The largest absolute Gasteiger partial charge is 0.354 e. The van der Waals surface area contributed by atoms with Gasteiger partial charge in [-0.3, -0.25) is 4.79 Å². The van der Waals surface area contributed by atoms with E-state index >= 15 is 0 Å². The minimum atomic E-state index is 0.0235. The second kappa shape index (κ2) is 6.93. The van der Waals surface area contributed by atoms with Crippen LogP contribution in [0.2, 0.25) is 0 Å². The maximum Gasteiger partial charge on any atom is 0.239 e. The lowest BCUT2D eigenvalue weighted by molar-refractivity contribution is -0.121. The number of fused-ring (bicyclic) bond motifs is 1. The zero-order chi connectivity index (χ0) is 15.4. The molecular weight excluding hydrogens is 316 g/mol. The lowest BCUT2D eigenvalue weighted by Crippen LogP contribution is -2.29. The molecule has 1 amide bonds. The number of benzene rings is 1. The van der Waals surface area contributed by atoms with Crippen LogP contribution in [-0.2, 0) is 11.3 Å².